The fourth-order valence-electron chi connectivity index (χ4n) is 13.1. The maximum absolute atomic E-state index is 11.8. The van der Waals surface area contributed by atoms with Crippen LogP contribution in [0.5, 0.6) is 46.5 Å². The number of ketones is 4. The molecule has 5 aromatic carbocycles. The molecule has 0 saturated heterocycles. The van der Waals surface area contributed by atoms with Crippen molar-refractivity contribution in [2.24, 2.45) is 43.3 Å². The first kappa shape index (κ1) is 136. The van der Waals surface area contributed by atoms with Crippen LogP contribution in [0.2, 0.25) is 0 Å². The second-order valence-corrected chi connectivity index (χ2v) is 50.9. The van der Waals surface area contributed by atoms with Gasteiger partial charge in [0, 0.05) is 148 Å². The predicted octanol–water partition coefficient (Wildman–Crippen LogP) is 33.4. The quantitative estimate of drug-likeness (QED) is 0.0137. The van der Waals surface area contributed by atoms with Crippen LogP contribution in [-0.2, 0) is 99.6 Å². The first-order valence-corrected chi connectivity index (χ1v) is 57.5. The number of carbonyl (C=O) groups is 4. The molecule has 0 aliphatic heterocycles. The summed E-state index contributed by atoms with van der Waals surface area (Å²) < 4.78 is 30.8. The van der Waals surface area contributed by atoms with E-state index < -0.39 is 0 Å². The molecule has 13 rings (SSSR count). The molecule has 0 aliphatic carbocycles. The maximum atomic E-state index is 11.8. The minimum Gasteiger partial charge on any atom is 0 e. The minimum atomic E-state index is -0.377. The van der Waals surface area contributed by atoms with Crippen LogP contribution in [-0.4, -0.2) is 122 Å². The fourth-order valence-corrected chi connectivity index (χ4v) is 21.4. The van der Waals surface area contributed by atoms with E-state index in [0.717, 1.165) is 107 Å². The van der Waals surface area contributed by atoms with Crippen molar-refractivity contribution in [2.45, 2.75) is 312 Å². The molecule has 4 N–H and O–H groups in total. The number of allylic oxidation sites excluding steroid dienone is 8. The number of benzene rings is 5. The molecule has 16 nitrogen and oxygen atoms in total. The number of aliphatic hydroxyl groups is 4. The van der Waals surface area contributed by atoms with Crippen molar-refractivity contribution in [2.75, 3.05) is 0 Å². The summed E-state index contributed by atoms with van der Waals surface area (Å²) in [7, 11) is 0. The first-order valence-electron chi connectivity index (χ1n) is 50.2. The van der Waals surface area contributed by atoms with Crippen molar-refractivity contribution < 1.29 is 139 Å². The van der Waals surface area contributed by atoms with Crippen molar-refractivity contribution in [1.29, 1.82) is 0 Å². The van der Waals surface area contributed by atoms with Crippen LogP contribution in [0, 0.1) is 123 Å². The molecule has 0 atom stereocenters. The van der Waals surface area contributed by atoms with Crippen LogP contribution < -0.4 is 18.9 Å². The van der Waals surface area contributed by atoms with Crippen LogP contribution in [0.1, 0.15) is 312 Å². The molecule has 0 aliphatic rings. The Morgan fingerprint density at radius 1 is 0.338 bits per heavy atom. The third-order valence-corrected chi connectivity index (χ3v) is 35.8. The van der Waals surface area contributed by atoms with Gasteiger partial charge in [-0.15, -0.1) is 0 Å². The summed E-state index contributed by atoms with van der Waals surface area (Å²) in [6, 6.07) is 52.5. The van der Waals surface area contributed by atoms with Gasteiger partial charge in [0.15, 0.2) is 23.1 Å². The summed E-state index contributed by atoms with van der Waals surface area (Å²) in [5, 5.41) is 44.1. The maximum Gasteiger partial charge on any atom is 0 e. The Balaban J connectivity index is 0.000000574. The average Bonchev–Trinajstić information content (AvgIpc) is 1.64. The Bertz CT molecular complexity index is 6290. The van der Waals surface area contributed by atoms with Gasteiger partial charge in [-0.2, -0.15) is 0 Å². The third-order valence-electron chi connectivity index (χ3n) is 26.9. The van der Waals surface area contributed by atoms with E-state index in [-0.39, 0.29) is 184 Å². The van der Waals surface area contributed by atoms with Crippen LogP contribution in [0.3, 0.4) is 0 Å². The largest absolute Gasteiger partial charge is 0 e. The second kappa shape index (κ2) is 61.5. The van der Waals surface area contributed by atoms with E-state index in [0.29, 0.717) is 78.9 Å². The molecule has 0 unspecified atom stereocenters. The molecule has 0 fully saturated rings. The molecule has 4 radical (unpaired) electrons. The number of ether oxygens (including phenoxy) is 4. The minimum absolute atomic E-state index is 0. The predicted molar refractivity (Wildman–Crippen MR) is 603 cm³/mol. The molecule has 8 aromatic heterocycles. The standard InChI is InChI=1S/C21H16NOSe.2C18H18NOSe.C15H12NOSe.4C13H24O2.4Ir/c1-14-10-15(2)12-17(11-14)23-21-20-18(8-9-22-21)19(13-24-20)16-6-4-3-5-7-16;1-11(2)17-10-15-16(21-17)5-6-19-18(15)20-14-8-12(3)7-13(4)9-14;1-11(2)15-10-21-16-5-6-19-18(17(15)16)20-14-8-12(3)7-13(4)9-14;1-10-7-11(2)9-12(8-10)17-15-13-4-6-18-14(13)3-5-16-15;4*1-7-12(3,4)10(14)9-11(15)13(5,6)8-2;;;;/h3-11,13H,1-2H3;2*5-8,10-11H,1-4H3;3-8H,1-2H3;4*9,14H,7-8H2,1-6H3;;;;/q4*-1;;;;;;;;. The molecule has 148 heavy (non-hydrogen) atoms. The third kappa shape index (κ3) is 41.0. The zero-order valence-corrected chi connectivity index (χ0v) is 110. The van der Waals surface area contributed by atoms with E-state index in [9.17, 15) is 39.6 Å². The number of carbonyl (C=O) groups excluding carboxylic acids is 4. The van der Waals surface area contributed by atoms with Gasteiger partial charge in [-0.05, 0) is 51.4 Å². The van der Waals surface area contributed by atoms with Crippen LogP contribution >= 0.6 is 0 Å². The SMILES string of the molecule is CCC(C)(C)C(=O)C=C(O)C(C)(C)CC.CCC(C)(C)C(=O)C=C(O)C(C)(C)CC.CCC(C)(C)C(=O)C=C(O)C(C)(C)CC.CCC(C)(C)C(=O)C=C(O)C(C)(C)CC.Cc1[c-]c(Oc2nccc3[se]c(C(C)C)cc23)cc(C)c1.Cc1[c-]c(Oc2nccc3[se]cc(C(C)C)c23)cc(C)c1.Cc1[c-]c(Oc2nccc3[se]ccc23)cc(C)c1.Cc1[c-]c(Oc2nccc3c(-c4ccccc4)c[se]c23)cc(C)c1.[Ir].[Ir].[Ir].[Ir]. The number of hydrogen-bond donors (Lipinski definition) is 4. The van der Waals surface area contributed by atoms with E-state index in [2.05, 4.69) is 199 Å². The van der Waals surface area contributed by atoms with E-state index >= 15 is 0 Å². The number of rotatable bonds is 31. The van der Waals surface area contributed by atoms with Gasteiger partial charge in [-0.3, -0.25) is 19.2 Å². The number of nitrogens with zero attached hydrogens (tertiary/aromatic N) is 4. The molecular formula is C124H160Ir4N4O12Se4-4. The Hall–Kier alpha value is -7.62. The van der Waals surface area contributed by atoms with Crippen molar-refractivity contribution in [3.63, 3.8) is 0 Å². The normalized spacial score (nSPS) is 12.0. The molecule has 0 bridgehead atoms. The van der Waals surface area contributed by atoms with Crippen LogP contribution in [0.4, 0.5) is 0 Å². The first-order chi connectivity index (χ1) is 67.2. The molecule has 0 spiro atoms. The van der Waals surface area contributed by atoms with Crippen molar-refractivity contribution >= 4 is 120 Å². The number of pyridine rings is 4. The fraction of sp³-hybridized carbons (Fsp3) is 0.435. The molecule has 8 heterocycles. The molecule has 0 saturated carbocycles. The number of aryl methyl sites for hydroxylation is 8. The van der Waals surface area contributed by atoms with Gasteiger partial charge < -0.3 is 20.4 Å². The second-order valence-electron chi connectivity index (χ2n) is 42.8. The van der Waals surface area contributed by atoms with Gasteiger partial charge in [-0.25, -0.2) is 0 Å². The Labute approximate surface area is 963 Å². The summed E-state index contributed by atoms with van der Waals surface area (Å²) in [5.74, 6) is 7.62. The van der Waals surface area contributed by atoms with Gasteiger partial charge in [0.2, 0.25) is 0 Å². The van der Waals surface area contributed by atoms with Gasteiger partial charge in [0.05, 0.1) is 0 Å². The van der Waals surface area contributed by atoms with E-state index in [1.807, 2.05) is 249 Å². The van der Waals surface area contributed by atoms with E-state index in [1.165, 1.54) is 95.5 Å². The van der Waals surface area contributed by atoms with E-state index in [1.54, 1.807) is 0 Å². The Kier molecular flexibility index (Phi) is 56.7. The zero-order chi connectivity index (χ0) is 108. The van der Waals surface area contributed by atoms with Crippen molar-refractivity contribution in [3.05, 3.63) is 281 Å². The average molecular weight is 2980 g/mol. The topological polar surface area (TPSA) is 238 Å². The Morgan fingerprint density at radius 3 is 0.986 bits per heavy atom. The molecule has 13 aromatic rings. The number of fused-ring (bicyclic) bond motifs is 4. The molecule has 0 amide bonds. The van der Waals surface area contributed by atoms with Gasteiger partial charge in [-0.1, -0.05) is 166 Å². The molecule has 812 valence electrons. The van der Waals surface area contributed by atoms with Gasteiger partial charge >= 0.3 is 522 Å². The summed E-state index contributed by atoms with van der Waals surface area (Å²) in [6.45, 7) is 71.9. The monoisotopic (exact) mass is 2990 g/mol. The van der Waals surface area contributed by atoms with Crippen LogP contribution in [0.15, 0.2) is 202 Å². The van der Waals surface area contributed by atoms with E-state index in [4.69, 9.17) is 18.9 Å². The molecular weight excluding hydrogens is 2820 g/mol. The number of aromatic nitrogens is 4. The van der Waals surface area contributed by atoms with Crippen molar-refractivity contribution in [1.82, 2.24) is 19.9 Å². The summed E-state index contributed by atoms with van der Waals surface area (Å²) in [6.07, 6.45) is 19.3. The smallest absolute Gasteiger partial charge is 0 e. The summed E-state index contributed by atoms with van der Waals surface area (Å²) in [4.78, 5) is 71.9. The summed E-state index contributed by atoms with van der Waals surface area (Å²) in [5.41, 5.74) is 10.2. The Morgan fingerprint density at radius 2 is 0.649 bits per heavy atom. The molecule has 24 heteroatoms. The van der Waals surface area contributed by atoms with Gasteiger partial charge in [0.1, 0.15) is 23.0 Å². The summed E-state index contributed by atoms with van der Waals surface area (Å²) >= 11 is 1.44. The van der Waals surface area contributed by atoms with Crippen molar-refractivity contribution in [3.8, 4) is 57.6 Å². The van der Waals surface area contributed by atoms with Crippen LogP contribution in [0.25, 0.3) is 49.7 Å². The number of hydrogen-bond acceptors (Lipinski definition) is 16. The van der Waals surface area contributed by atoms with Gasteiger partial charge in [0.25, 0.3) is 0 Å². The number of aliphatic hydroxyl groups excluding tert-OH is 4. The zero-order valence-electron chi connectivity index (χ0n) is 93.9.